The molecule has 0 saturated carbocycles. The zero-order valence-corrected chi connectivity index (χ0v) is 13.5. The van der Waals surface area contributed by atoms with E-state index in [-0.39, 0.29) is 6.16 Å². The Bertz CT molecular complexity index is 405. The van der Waals surface area contributed by atoms with Gasteiger partial charge in [-0.15, -0.1) is 0 Å². The van der Waals surface area contributed by atoms with Crippen LogP contribution in [-0.4, -0.2) is 19.8 Å². The second-order valence-electron chi connectivity index (χ2n) is 4.38. The molecule has 0 aliphatic carbocycles. The second-order valence-corrected chi connectivity index (χ2v) is 6.43. The first-order chi connectivity index (χ1) is 9.63. The molecule has 1 heterocycles. The van der Waals surface area contributed by atoms with Crippen molar-refractivity contribution in [3.63, 3.8) is 0 Å². The van der Waals surface area contributed by atoms with Gasteiger partial charge in [0.2, 0.25) is 0 Å². The lowest BCUT2D eigenvalue weighted by Gasteiger charge is -2.15. The summed E-state index contributed by atoms with van der Waals surface area (Å²) in [4.78, 5) is 0. The van der Waals surface area contributed by atoms with Gasteiger partial charge >= 0.3 is 7.60 Å². The van der Waals surface area contributed by atoms with Gasteiger partial charge in [0.1, 0.15) is 24.3 Å². The number of furan rings is 1. The van der Waals surface area contributed by atoms with Gasteiger partial charge in [0.05, 0.1) is 13.2 Å². The Hall–Kier alpha value is -0.610. The summed E-state index contributed by atoms with van der Waals surface area (Å²) in [5.74, 6) is 1.33. The first-order valence-corrected chi connectivity index (χ1v) is 8.89. The molecule has 0 radical (unpaired) electrons. The van der Waals surface area contributed by atoms with Crippen LogP contribution in [0.4, 0.5) is 0 Å². The maximum Gasteiger partial charge on any atom is 0.338 e. The van der Waals surface area contributed by atoms with Crippen LogP contribution in [0, 0.1) is 0 Å². The van der Waals surface area contributed by atoms with Crippen LogP contribution < -0.4 is 0 Å². The van der Waals surface area contributed by atoms with Crippen LogP contribution in [0.3, 0.4) is 0 Å². The van der Waals surface area contributed by atoms with Crippen LogP contribution in [0.15, 0.2) is 16.5 Å². The highest BCUT2D eigenvalue weighted by Gasteiger charge is 2.25. The molecule has 0 fully saturated rings. The highest BCUT2D eigenvalue weighted by Crippen LogP contribution is 2.51. The summed E-state index contributed by atoms with van der Waals surface area (Å²) in [5.41, 5.74) is 0. The van der Waals surface area contributed by atoms with Gasteiger partial charge in [-0.2, -0.15) is 0 Å². The van der Waals surface area contributed by atoms with Crippen molar-refractivity contribution in [2.75, 3.05) is 19.8 Å². The Morgan fingerprint density at radius 1 is 1.10 bits per heavy atom. The topological polar surface area (TPSA) is 57.9 Å². The van der Waals surface area contributed by atoms with E-state index in [2.05, 4.69) is 6.92 Å². The molecule has 0 bridgehead atoms. The summed E-state index contributed by atoms with van der Waals surface area (Å²) in [7, 11) is -3.10. The van der Waals surface area contributed by atoms with Crippen LogP contribution in [0.1, 0.15) is 45.1 Å². The van der Waals surface area contributed by atoms with E-state index in [1.54, 1.807) is 19.9 Å². The zero-order valence-electron chi connectivity index (χ0n) is 12.6. The monoisotopic (exact) mass is 304 g/mol. The quantitative estimate of drug-likeness (QED) is 0.449. The Morgan fingerprint density at radius 3 is 2.35 bits per heavy atom. The van der Waals surface area contributed by atoms with E-state index in [1.165, 1.54) is 0 Å². The average molecular weight is 304 g/mol. The Balaban J connectivity index is 2.51. The summed E-state index contributed by atoms with van der Waals surface area (Å²) in [6.45, 7) is 7.57. The fourth-order valence-corrected chi connectivity index (χ4v) is 3.31. The van der Waals surface area contributed by atoms with Gasteiger partial charge in [-0.1, -0.05) is 13.3 Å². The molecule has 0 N–H and O–H groups in total. The third-order valence-corrected chi connectivity index (χ3v) is 4.61. The lowest BCUT2D eigenvalue weighted by Crippen LogP contribution is -1.98. The molecule has 0 atom stereocenters. The molecule has 6 heteroatoms. The predicted molar refractivity (Wildman–Crippen MR) is 77.8 cm³/mol. The first kappa shape index (κ1) is 17.4. The average Bonchev–Trinajstić information content (AvgIpc) is 2.82. The molecule has 1 aromatic heterocycles. The van der Waals surface area contributed by atoms with Crippen LogP contribution in [0.25, 0.3) is 0 Å². The highest BCUT2D eigenvalue weighted by molar-refractivity contribution is 7.53. The minimum atomic E-state index is -3.10. The van der Waals surface area contributed by atoms with E-state index in [0.29, 0.717) is 25.6 Å². The molecule has 20 heavy (non-hydrogen) atoms. The van der Waals surface area contributed by atoms with E-state index in [0.717, 1.165) is 25.2 Å². The first-order valence-electron chi connectivity index (χ1n) is 7.17. The zero-order chi connectivity index (χ0) is 14.8. The summed E-state index contributed by atoms with van der Waals surface area (Å²) >= 11 is 0. The van der Waals surface area contributed by atoms with Crippen molar-refractivity contribution in [2.24, 2.45) is 0 Å². The number of unbranched alkanes of at least 4 members (excludes halogenated alkanes) is 1. The minimum Gasteiger partial charge on any atom is -0.463 e. The number of hydrogen-bond acceptors (Lipinski definition) is 5. The van der Waals surface area contributed by atoms with Crippen molar-refractivity contribution in [3.05, 3.63) is 23.7 Å². The third kappa shape index (κ3) is 6.23. The van der Waals surface area contributed by atoms with Gasteiger partial charge in [0, 0.05) is 6.61 Å². The Morgan fingerprint density at radius 2 is 1.75 bits per heavy atom. The molecule has 0 aliphatic rings. The van der Waals surface area contributed by atoms with Gasteiger partial charge in [-0.05, 0) is 32.4 Å². The predicted octanol–water partition coefficient (Wildman–Crippen LogP) is 4.36. The summed E-state index contributed by atoms with van der Waals surface area (Å²) in [6, 6.07) is 3.63. The lowest BCUT2D eigenvalue weighted by molar-refractivity contribution is 0.103. The van der Waals surface area contributed by atoms with E-state index in [9.17, 15) is 4.57 Å². The number of rotatable bonds is 11. The highest BCUT2D eigenvalue weighted by atomic mass is 31.2. The van der Waals surface area contributed by atoms with Crippen molar-refractivity contribution in [2.45, 2.75) is 46.4 Å². The van der Waals surface area contributed by atoms with Crippen molar-refractivity contribution >= 4 is 7.60 Å². The smallest absolute Gasteiger partial charge is 0.338 e. The largest absolute Gasteiger partial charge is 0.463 e. The van der Waals surface area contributed by atoms with Crippen molar-refractivity contribution in [3.8, 4) is 0 Å². The molecule has 0 unspecified atom stereocenters. The van der Waals surface area contributed by atoms with Crippen molar-refractivity contribution in [1.29, 1.82) is 0 Å². The molecule has 0 amide bonds. The molecule has 0 aliphatic heterocycles. The van der Waals surface area contributed by atoms with E-state index >= 15 is 0 Å². The standard InChI is InChI=1S/C14H25O5P/c1-4-7-10-16-11-13-8-9-14(19-13)12-20(15,17-5-2)18-6-3/h8-9H,4-7,10-12H2,1-3H3. The minimum absolute atomic E-state index is 0.156. The van der Waals surface area contributed by atoms with Crippen LogP contribution in [-0.2, 0) is 31.1 Å². The van der Waals surface area contributed by atoms with E-state index in [4.69, 9.17) is 18.2 Å². The molecule has 5 nitrogen and oxygen atoms in total. The van der Waals surface area contributed by atoms with Crippen LogP contribution >= 0.6 is 7.60 Å². The van der Waals surface area contributed by atoms with Gasteiger partial charge < -0.3 is 18.2 Å². The molecule has 1 rings (SSSR count). The number of ether oxygens (including phenoxy) is 1. The van der Waals surface area contributed by atoms with Gasteiger partial charge in [0.15, 0.2) is 0 Å². The summed E-state index contributed by atoms with van der Waals surface area (Å²) < 4.78 is 33.9. The Labute approximate surface area is 121 Å². The normalized spacial score (nSPS) is 11.9. The summed E-state index contributed by atoms with van der Waals surface area (Å²) in [6.07, 6.45) is 2.30. The molecule has 0 saturated heterocycles. The summed E-state index contributed by atoms with van der Waals surface area (Å²) in [5, 5.41) is 0. The maximum atomic E-state index is 12.4. The third-order valence-electron chi connectivity index (χ3n) is 2.60. The number of hydrogen-bond donors (Lipinski definition) is 0. The maximum absolute atomic E-state index is 12.4. The van der Waals surface area contributed by atoms with Crippen LogP contribution in [0.2, 0.25) is 0 Å². The molecular formula is C14H25O5P. The lowest BCUT2D eigenvalue weighted by atomic mass is 10.4. The Kier molecular flexibility index (Phi) is 8.15. The van der Waals surface area contributed by atoms with Gasteiger partial charge in [-0.3, -0.25) is 4.57 Å². The van der Waals surface area contributed by atoms with Gasteiger partial charge in [-0.25, -0.2) is 0 Å². The van der Waals surface area contributed by atoms with Gasteiger partial charge in [0.25, 0.3) is 0 Å². The SMILES string of the molecule is CCCCOCc1ccc(CP(=O)(OCC)OCC)o1. The molecule has 116 valence electrons. The second kappa shape index (κ2) is 9.35. The van der Waals surface area contributed by atoms with Crippen molar-refractivity contribution in [1.82, 2.24) is 0 Å². The van der Waals surface area contributed by atoms with Crippen molar-refractivity contribution < 1.29 is 22.8 Å². The van der Waals surface area contributed by atoms with E-state index in [1.807, 2.05) is 6.07 Å². The molecule has 0 spiro atoms. The molecule has 1 aromatic rings. The van der Waals surface area contributed by atoms with Crippen LogP contribution in [0.5, 0.6) is 0 Å². The fourth-order valence-electron chi connectivity index (χ4n) is 1.72. The molecule has 0 aromatic carbocycles. The fraction of sp³-hybridized carbons (Fsp3) is 0.714. The van der Waals surface area contributed by atoms with E-state index < -0.39 is 7.60 Å². The molecular weight excluding hydrogens is 279 g/mol.